The fourth-order valence-corrected chi connectivity index (χ4v) is 2.50. The van der Waals surface area contributed by atoms with Crippen molar-refractivity contribution in [1.29, 1.82) is 0 Å². The summed E-state index contributed by atoms with van der Waals surface area (Å²) in [6.45, 7) is 0. The van der Waals surface area contributed by atoms with Crippen LogP contribution in [0.3, 0.4) is 0 Å². The Morgan fingerprint density at radius 1 is 1.05 bits per heavy atom. The lowest BCUT2D eigenvalue weighted by molar-refractivity contribution is 1.04. The number of para-hydroxylation sites is 2. The number of azide groups is 1. The number of fused-ring (bicyclic) bond motifs is 1. The van der Waals surface area contributed by atoms with E-state index < -0.39 is 5.56 Å². The number of halogens is 1. The molecular formula is C15H9ClN4O. The molecule has 1 heterocycles. The van der Waals surface area contributed by atoms with Crippen LogP contribution >= 0.6 is 11.6 Å². The molecule has 2 aromatic carbocycles. The van der Waals surface area contributed by atoms with E-state index >= 15 is 0 Å². The zero-order valence-corrected chi connectivity index (χ0v) is 11.5. The monoisotopic (exact) mass is 296 g/mol. The van der Waals surface area contributed by atoms with Gasteiger partial charge < -0.3 is 0 Å². The van der Waals surface area contributed by atoms with Crippen molar-refractivity contribution in [2.75, 3.05) is 0 Å². The molecule has 0 amide bonds. The molecule has 0 aliphatic heterocycles. The maximum Gasteiger partial charge on any atom is 0.274 e. The molecular weight excluding hydrogens is 288 g/mol. The number of rotatable bonds is 2. The molecule has 0 spiro atoms. The normalized spacial score (nSPS) is 10.3. The highest BCUT2D eigenvalue weighted by atomic mass is 35.5. The number of hydrogen-bond acceptors (Lipinski definition) is 2. The van der Waals surface area contributed by atoms with Gasteiger partial charge in [-0.05, 0) is 23.7 Å². The molecule has 0 fully saturated rings. The minimum atomic E-state index is -0.413. The average molecular weight is 297 g/mol. The summed E-state index contributed by atoms with van der Waals surface area (Å²) >= 11 is 6.11. The summed E-state index contributed by atoms with van der Waals surface area (Å²) in [7, 11) is 0. The number of nitrogens with zero attached hydrogens (tertiary/aromatic N) is 4. The minimum Gasteiger partial charge on any atom is -0.276 e. The van der Waals surface area contributed by atoms with E-state index in [1.165, 1.54) is 4.57 Å². The van der Waals surface area contributed by atoms with Gasteiger partial charge in [-0.2, -0.15) is 0 Å². The van der Waals surface area contributed by atoms with E-state index in [1.54, 1.807) is 18.2 Å². The lowest BCUT2D eigenvalue weighted by atomic mass is 10.1. The number of pyridine rings is 1. The van der Waals surface area contributed by atoms with Gasteiger partial charge in [0.25, 0.3) is 5.56 Å². The third kappa shape index (κ3) is 2.14. The van der Waals surface area contributed by atoms with E-state index in [-0.39, 0.29) is 10.7 Å². The molecule has 6 heteroatoms. The zero-order chi connectivity index (χ0) is 14.8. The average Bonchev–Trinajstić information content (AvgIpc) is 2.53. The molecule has 3 aromatic rings. The van der Waals surface area contributed by atoms with Crippen LogP contribution in [0.1, 0.15) is 0 Å². The molecule has 0 aliphatic rings. The van der Waals surface area contributed by atoms with Crippen LogP contribution in [0.25, 0.3) is 27.0 Å². The summed E-state index contributed by atoms with van der Waals surface area (Å²) in [4.78, 5) is 15.3. The second-order valence-corrected chi connectivity index (χ2v) is 4.72. The SMILES string of the molecule is [N-]=[N+]=Nc1c(Cl)c(=O)n(-c2ccccc2)c2ccccc12. The minimum absolute atomic E-state index is 0.0876. The van der Waals surface area contributed by atoms with Gasteiger partial charge in [-0.3, -0.25) is 9.36 Å². The van der Waals surface area contributed by atoms with Gasteiger partial charge in [0.15, 0.2) is 0 Å². The molecule has 0 radical (unpaired) electrons. The maximum absolute atomic E-state index is 12.5. The second-order valence-electron chi connectivity index (χ2n) is 4.35. The topological polar surface area (TPSA) is 70.8 Å². The summed E-state index contributed by atoms with van der Waals surface area (Å²) in [6, 6.07) is 16.4. The van der Waals surface area contributed by atoms with Crippen molar-refractivity contribution >= 4 is 28.2 Å². The molecule has 102 valence electrons. The van der Waals surface area contributed by atoms with E-state index in [9.17, 15) is 4.79 Å². The Kier molecular flexibility index (Phi) is 3.36. The molecule has 0 bridgehead atoms. The zero-order valence-electron chi connectivity index (χ0n) is 10.8. The van der Waals surface area contributed by atoms with E-state index in [0.29, 0.717) is 16.6 Å². The van der Waals surface area contributed by atoms with Crippen molar-refractivity contribution in [1.82, 2.24) is 4.57 Å². The Bertz CT molecular complexity index is 928. The Hall–Kier alpha value is -2.75. The molecule has 0 saturated carbocycles. The van der Waals surface area contributed by atoms with Crippen molar-refractivity contribution in [2.24, 2.45) is 5.11 Å². The van der Waals surface area contributed by atoms with Gasteiger partial charge in [0.2, 0.25) is 0 Å². The predicted octanol–water partition coefficient (Wildman–Crippen LogP) is 4.59. The van der Waals surface area contributed by atoms with Crippen LogP contribution in [0, 0.1) is 0 Å². The van der Waals surface area contributed by atoms with Gasteiger partial charge >= 0.3 is 0 Å². The highest BCUT2D eigenvalue weighted by Gasteiger charge is 2.14. The smallest absolute Gasteiger partial charge is 0.274 e. The largest absolute Gasteiger partial charge is 0.276 e. The molecule has 0 N–H and O–H groups in total. The van der Waals surface area contributed by atoms with Gasteiger partial charge in [0.1, 0.15) is 5.02 Å². The van der Waals surface area contributed by atoms with Gasteiger partial charge in [0.05, 0.1) is 11.2 Å². The van der Waals surface area contributed by atoms with Crippen LogP contribution in [0.5, 0.6) is 0 Å². The number of benzene rings is 2. The Labute approximate surface area is 124 Å². The standard InChI is InChI=1S/C15H9ClN4O/c16-13-14(18-19-17)11-8-4-5-9-12(11)20(15(13)21)10-6-2-1-3-7-10/h1-9H. The third-order valence-corrected chi connectivity index (χ3v) is 3.50. The molecule has 21 heavy (non-hydrogen) atoms. The summed E-state index contributed by atoms with van der Waals surface area (Å²) in [5.41, 5.74) is 9.76. The Morgan fingerprint density at radius 3 is 2.43 bits per heavy atom. The van der Waals surface area contributed by atoms with E-state index in [4.69, 9.17) is 17.1 Å². The van der Waals surface area contributed by atoms with Gasteiger partial charge in [0, 0.05) is 16.0 Å². The quantitative estimate of drug-likeness (QED) is 0.387. The molecule has 0 saturated heterocycles. The van der Waals surface area contributed by atoms with E-state index in [2.05, 4.69) is 10.0 Å². The fourth-order valence-electron chi connectivity index (χ4n) is 2.27. The second kappa shape index (κ2) is 5.32. The molecule has 1 aromatic heterocycles. The van der Waals surface area contributed by atoms with Crippen LogP contribution in [0.15, 0.2) is 64.5 Å². The van der Waals surface area contributed by atoms with Crippen LogP contribution in [0.2, 0.25) is 5.02 Å². The first kappa shape index (κ1) is 13.2. The van der Waals surface area contributed by atoms with Gasteiger partial charge in [-0.25, -0.2) is 0 Å². The molecule has 0 atom stereocenters. The first-order valence-corrected chi connectivity index (χ1v) is 6.55. The number of aromatic nitrogens is 1. The highest BCUT2D eigenvalue weighted by molar-refractivity contribution is 6.34. The van der Waals surface area contributed by atoms with E-state index in [1.807, 2.05) is 36.4 Å². The van der Waals surface area contributed by atoms with Crippen LogP contribution in [0.4, 0.5) is 5.69 Å². The van der Waals surface area contributed by atoms with Crippen molar-refractivity contribution in [3.05, 3.63) is 80.4 Å². The third-order valence-electron chi connectivity index (χ3n) is 3.16. The lowest BCUT2D eigenvalue weighted by Crippen LogP contribution is -2.19. The summed E-state index contributed by atoms with van der Waals surface area (Å²) < 4.78 is 1.51. The first-order valence-electron chi connectivity index (χ1n) is 6.18. The van der Waals surface area contributed by atoms with E-state index in [0.717, 1.165) is 0 Å². The van der Waals surface area contributed by atoms with Crippen molar-refractivity contribution in [3.63, 3.8) is 0 Å². The Morgan fingerprint density at radius 2 is 1.71 bits per heavy atom. The fraction of sp³-hybridized carbons (Fsp3) is 0. The van der Waals surface area contributed by atoms with Crippen molar-refractivity contribution in [3.8, 4) is 5.69 Å². The molecule has 0 aliphatic carbocycles. The summed E-state index contributed by atoms with van der Waals surface area (Å²) in [5, 5.41) is 4.11. The van der Waals surface area contributed by atoms with Gasteiger partial charge in [-0.1, -0.05) is 53.1 Å². The lowest BCUT2D eigenvalue weighted by Gasteiger charge is -2.13. The van der Waals surface area contributed by atoms with Crippen molar-refractivity contribution in [2.45, 2.75) is 0 Å². The first-order chi connectivity index (χ1) is 10.2. The van der Waals surface area contributed by atoms with Gasteiger partial charge in [-0.15, -0.1) is 0 Å². The maximum atomic E-state index is 12.5. The van der Waals surface area contributed by atoms with Crippen molar-refractivity contribution < 1.29 is 0 Å². The number of hydrogen-bond donors (Lipinski definition) is 0. The highest BCUT2D eigenvalue weighted by Crippen LogP contribution is 2.32. The molecule has 0 unspecified atom stereocenters. The Balaban J connectivity index is 2.53. The van der Waals surface area contributed by atoms with Crippen LogP contribution in [-0.2, 0) is 0 Å². The molecule has 5 nitrogen and oxygen atoms in total. The van der Waals surface area contributed by atoms with Crippen LogP contribution in [-0.4, -0.2) is 4.57 Å². The summed E-state index contributed by atoms with van der Waals surface area (Å²) in [5.74, 6) is 0. The van der Waals surface area contributed by atoms with Crippen LogP contribution < -0.4 is 5.56 Å². The molecule has 3 rings (SSSR count). The summed E-state index contributed by atoms with van der Waals surface area (Å²) in [6.07, 6.45) is 0. The predicted molar refractivity (Wildman–Crippen MR) is 83.4 cm³/mol.